The van der Waals surface area contributed by atoms with Gasteiger partial charge in [-0.05, 0) is 44.4 Å². The molecule has 2 aliphatic rings. The topological polar surface area (TPSA) is 36.4 Å². The Balaban J connectivity index is 1.38. The standard InChI is InChI=1S/C20H24ClN3OS/c21-17-7-3-5-15(11-17)19(25)16-6-4-8-23(13-16)14-18-12-22-20(26-18)24-9-1-2-10-24/h3,5,7,11-12,16H,1-2,4,6,8-10,13-14H2. The summed E-state index contributed by atoms with van der Waals surface area (Å²) in [6, 6.07) is 7.33. The van der Waals surface area contributed by atoms with E-state index in [0.717, 1.165) is 56.3 Å². The number of hydrogen-bond donors (Lipinski definition) is 0. The molecule has 2 aliphatic heterocycles. The molecule has 2 saturated heterocycles. The van der Waals surface area contributed by atoms with E-state index >= 15 is 0 Å². The van der Waals surface area contributed by atoms with Crippen LogP contribution < -0.4 is 4.90 Å². The van der Waals surface area contributed by atoms with E-state index in [2.05, 4.69) is 14.8 Å². The lowest BCUT2D eigenvalue weighted by molar-refractivity contribution is 0.0812. The highest BCUT2D eigenvalue weighted by Gasteiger charge is 2.27. The number of ketones is 1. The normalized spacial score (nSPS) is 21.3. The van der Waals surface area contributed by atoms with Crippen molar-refractivity contribution in [3.63, 3.8) is 0 Å². The van der Waals surface area contributed by atoms with Gasteiger partial charge >= 0.3 is 0 Å². The van der Waals surface area contributed by atoms with E-state index < -0.39 is 0 Å². The number of thiazole rings is 1. The summed E-state index contributed by atoms with van der Waals surface area (Å²) in [5.41, 5.74) is 0.735. The van der Waals surface area contributed by atoms with E-state index in [9.17, 15) is 4.79 Å². The van der Waals surface area contributed by atoms with Crippen LogP contribution in [0.1, 0.15) is 40.9 Å². The molecule has 2 aromatic rings. The predicted octanol–water partition coefficient (Wildman–Crippen LogP) is 4.49. The molecular weight excluding hydrogens is 366 g/mol. The highest BCUT2D eigenvalue weighted by Crippen LogP contribution is 2.28. The molecule has 1 unspecified atom stereocenters. The Morgan fingerprint density at radius 3 is 2.88 bits per heavy atom. The van der Waals surface area contributed by atoms with Crippen molar-refractivity contribution in [3.05, 3.63) is 45.9 Å². The number of halogens is 1. The van der Waals surface area contributed by atoms with E-state index in [4.69, 9.17) is 11.6 Å². The number of likely N-dealkylation sites (tertiary alicyclic amines) is 1. The summed E-state index contributed by atoms with van der Waals surface area (Å²) >= 11 is 7.85. The summed E-state index contributed by atoms with van der Waals surface area (Å²) < 4.78 is 0. The first-order valence-electron chi connectivity index (χ1n) is 9.41. The Hall–Kier alpha value is -1.43. The molecule has 3 heterocycles. The average Bonchev–Trinajstić information content (AvgIpc) is 3.33. The van der Waals surface area contributed by atoms with Gasteiger partial charge in [-0.15, -0.1) is 11.3 Å². The molecule has 4 nitrogen and oxygen atoms in total. The van der Waals surface area contributed by atoms with Gasteiger partial charge in [-0.1, -0.05) is 23.7 Å². The van der Waals surface area contributed by atoms with Gasteiger partial charge in [0.2, 0.25) is 0 Å². The van der Waals surface area contributed by atoms with Crippen LogP contribution in [0.5, 0.6) is 0 Å². The van der Waals surface area contributed by atoms with Gasteiger partial charge in [-0.25, -0.2) is 4.98 Å². The SMILES string of the molecule is O=C(c1cccc(Cl)c1)C1CCCN(Cc2cnc(N3CCCC3)s2)C1. The number of aromatic nitrogens is 1. The Morgan fingerprint density at radius 2 is 2.08 bits per heavy atom. The molecule has 1 aromatic carbocycles. The number of benzene rings is 1. The van der Waals surface area contributed by atoms with Gasteiger partial charge in [0, 0.05) is 53.8 Å². The third-order valence-electron chi connectivity index (χ3n) is 5.28. The Morgan fingerprint density at radius 1 is 1.23 bits per heavy atom. The van der Waals surface area contributed by atoms with Gasteiger partial charge in [0.15, 0.2) is 10.9 Å². The van der Waals surface area contributed by atoms with Gasteiger partial charge in [-0.3, -0.25) is 9.69 Å². The van der Waals surface area contributed by atoms with E-state index in [1.54, 1.807) is 17.4 Å². The molecule has 4 rings (SSSR count). The van der Waals surface area contributed by atoms with E-state index in [-0.39, 0.29) is 11.7 Å². The molecule has 138 valence electrons. The van der Waals surface area contributed by atoms with Crippen LogP contribution in [0.25, 0.3) is 0 Å². The van der Waals surface area contributed by atoms with Crippen LogP contribution in [-0.2, 0) is 6.54 Å². The van der Waals surface area contributed by atoms with Crippen LogP contribution >= 0.6 is 22.9 Å². The number of nitrogens with zero attached hydrogens (tertiary/aromatic N) is 3. The number of Topliss-reactive ketones (excluding diaryl/α,β-unsaturated/α-hetero) is 1. The second kappa shape index (κ2) is 8.07. The maximum absolute atomic E-state index is 12.8. The third kappa shape index (κ3) is 4.11. The fourth-order valence-corrected chi connectivity index (χ4v) is 5.13. The Bertz CT molecular complexity index is 772. The zero-order chi connectivity index (χ0) is 17.9. The van der Waals surface area contributed by atoms with Crippen LogP contribution in [0, 0.1) is 5.92 Å². The number of piperidine rings is 1. The minimum Gasteiger partial charge on any atom is -0.348 e. The zero-order valence-electron chi connectivity index (χ0n) is 14.9. The minimum atomic E-state index is 0.0631. The van der Waals surface area contributed by atoms with Crippen LogP contribution in [0.3, 0.4) is 0 Å². The monoisotopic (exact) mass is 389 g/mol. The van der Waals surface area contributed by atoms with Crippen LogP contribution in [0.2, 0.25) is 5.02 Å². The molecule has 1 aromatic heterocycles. The second-order valence-corrected chi connectivity index (χ2v) is 8.78. The first-order valence-corrected chi connectivity index (χ1v) is 10.6. The van der Waals surface area contributed by atoms with Gasteiger partial charge in [-0.2, -0.15) is 0 Å². The van der Waals surface area contributed by atoms with Crippen molar-refractivity contribution in [2.45, 2.75) is 32.2 Å². The highest BCUT2D eigenvalue weighted by atomic mass is 35.5. The zero-order valence-corrected chi connectivity index (χ0v) is 16.4. The minimum absolute atomic E-state index is 0.0631. The van der Waals surface area contributed by atoms with Crippen LogP contribution in [0.15, 0.2) is 30.5 Å². The summed E-state index contributed by atoms with van der Waals surface area (Å²) in [5, 5.41) is 1.78. The van der Waals surface area contributed by atoms with Gasteiger partial charge in [0.1, 0.15) is 0 Å². The molecular formula is C20H24ClN3OS. The molecule has 0 bridgehead atoms. The van der Waals surface area contributed by atoms with Crippen molar-refractivity contribution in [2.24, 2.45) is 5.92 Å². The van der Waals surface area contributed by atoms with E-state index in [1.807, 2.05) is 24.4 Å². The fraction of sp³-hybridized carbons (Fsp3) is 0.500. The first kappa shape index (κ1) is 18.0. The lowest BCUT2D eigenvalue weighted by Crippen LogP contribution is -2.38. The van der Waals surface area contributed by atoms with Crippen LogP contribution in [-0.4, -0.2) is 41.8 Å². The van der Waals surface area contributed by atoms with Crippen molar-refractivity contribution in [1.82, 2.24) is 9.88 Å². The fourth-order valence-electron chi connectivity index (χ4n) is 3.94. The summed E-state index contributed by atoms with van der Waals surface area (Å²) in [4.78, 5) is 23.5. The quantitative estimate of drug-likeness (QED) is 0.706. The van der Waals surface area contributed by atoms with Crippen molar-refractivity contribution in [1.29, 1.82) is 0 Å². The molecule has 0 N–H and O–H groups in total. The molecule has 0 amide bonds. The number of carbonyl (C=O) groups is 1. The van der Waals surface area contributed by atoms with E-state index in [1.165, 1.54) is 17.7 Å². The Kier molecular flexibility index (Phi) is 5.57. The predicted molar refractivity (Wildman–Crippen MR) is 107 cm³/mol. The lowest BCUT2D eigenvalue weighted by Gasteiger charge is -2.31. The summed E-state index contributed by atoms with van der Waals surface area (Å²) in [6.07, 6.45) is 6.59. The van der Waals surface area contributed by atoms with Gasteiger partial charge < -0.3 is 4.90 Å². The molecule has 0 spiro atoms. The summed E-state index contributed by atoms with van der Waals surface area (Å²) in [7, 11) is 0. The smallest absolute Gasteiger partial charge is 0.185 e. The summed E-state index contributed by atoms with van der Waals surface area (Å²) in [5.74, 6) is 0.285. The van der Waals surface area contributed by atoms with Gasteiger partial charge in [0.25, 0.3) is 0 Å². The Labute approximate surface area is 163 Å². The summed E-state index contributed by atoms with van der Waals surface area (Å²) in [6.45, 7) is 5.03. The third-order valence-corrected chi connectivity index (χ3v) is 6.56. The number of hydrogen-bond acceptors (Lipinski definition) is 5. The maximum Gasteiger partial charge on any atom is 0.185 e. The molecule has 0 aliphatic carbocycles. The van der Waals surface area contributed by atoms with Crippen molar-refractivity contribution >= 4 is 33.9 Å². The number of carbonyl (C=O) groups excluding carboxylic acids is 1. The second-order valence-electron chi connectivity index (χ2n) is 7.25. The lowest BCUT2D eigenvalue weighted by atomic mass is 9.90. The van der Waals surface area contributed by atoms with Gasteiger partial charge in [0.05, 0.1) is 0 Å². The molecule has 26 heavy (non-hydrogen) atoms. The maximum atomic E-state index is 12.8. The van der Waals surface area contributed by atoms with Crippen LogP contribution in [0.4, 0.5) is 5.13 Å². The molecule has 1 atom stereocenters. The first-order chi connectivity index (χ1) is 12.7. The average molecular weight is 390 g/mol. The molecule has 6 heteroatoms. The highest BCUT2D eigenvalue weighted by molar-refractivity contribution is 7.15. The molecule has 0 saturated carbocycles. The number of anilines is 1. The van der Waals surface area contributed by atoms with E-state index in [0.29, 0.717) is 5.02 Å². The largest absolute Gasteiger partial charge is 0.348 e. The molecule has 2 fully saturated rings. The molecule has 0 radical (unpaired) electrons. The van der Waals surface area contributed by atoms with Crippen molar-refractivity contribution in [2.75, 3.05) is 31.1 Å². The van der Waals surface area contributed by atoms with Crippen molar-refractivity contribution in [3.8, 4) is 0 Å². The number of rotatable bonds is 5. The van der Waals surface area contributed by atoms with Crippen molar-refractivity contribution < 1.29 is 4.79 Å².